The molecule has 2 nitrogen and oxygen atoms in total. The van der Waals surface area contributed by atoms with Crippen molar-refractivity contribution in [3.63, 3.8) is 0 Å². The van der Waals surface area contributed by atoms with Crippen LogP contribution in [0.25, 0.3) is 0 Å². The lowest BCUT2D eigenvalue weighted by Crippen LogP contribution is -2.45. The molecule has 1 saturated carbocycles. The van der Waals surface area contributed by atoms with Crippen molar-refractivity contribution in [1.29, 1.82) is 0 Å². The van der Waals surface area contributed by atoms with Gasteiger partial charge in [0.15, 0.2) is 0 Å². The van der Waals surface area contributed by atoms with Crippen LogP contribution in [0, 0.1) is 11.8 Å². The zero-order valence-electron chi connectivity index (χ0n) is 12.4. The van der Waals surface area contributed by atoms with Gasteiger partial charge in [-0.15, -0.1) is 0 Å². The summed E-state index contributed by atoms with van der Waals surface area (Å²) >= 11 is 3.46. The predicted molar refractivity (Wildman–Crippen MR) is 86.6 cm³/mol. The molecule has 2 unspecified atom stereocenters. The number of aryl methyl sites for hydroxylation is 1. The van der Waals surface area contributed by atoms with E-state index in [4.69, 9.17) is 0 Å². The lowest BCUT2D eigenvalue weighted by atomic mass is 9.78. The van der Waals surface area contributed by atoms with Gasteiger partial charge in [0.2, 0.25) is 5.91 Å². The minimum atomic E-state index is 0.190. The maximum atomic E-state index is 12.1. The van der Waals surface area contributed by atoms with Crippen LogP contribution >= 0.6 is 15.9 Å². The number of halogens is 1. The number of rotatable bonds is 4. The lowest BCUT2D eigenvalue weighted by molar-refractivity contribution is -0.122. The molecule has 0 aromatic heterocycles. The SMILES string of the molecule is CC1CCCC(C)C1NC(=O)CCc1cccc(Br)c1. The quantitative estimate of drug-likeness (QED) is 0.870. The van der Waals surface area contributed by atoms with Crippen molar-refractivity contribution < 1.29 is 4.79 Å². The molecule has 1 aromatic carbocycles. The van der Waals surface area contributed by atoms with Crippen LogP contribution in [-0.4, -0.2) is 11.9 Å². The van der Waals surface area contributed by atoms with E-state index in [1.807, 2.05) is 12.1 Å². The Balaban J connectivity index is 1.83. The van der Waals surface area contributed by atoms with E-state index in [1.165, 1.54) is 24.8 Å². The number of carbonyl (C=O) groups excluding carboxylic acids is 1. The number of benzene rings is 1. The van der Waals surface area contributed by atoms with Crippen LogP contribution in [0.4, 0.5) is 0 Å². The Morgan fingerprint density at radius 3 is 2.65 bits per heavy atom. The summed E-state index contributed by atoms with van der Waals surface area (Å²) in [5.41, 5.74) is 1.21. The van der Waals surface area contributed by atoms with Crippen LogP contribution in [0.3, 0.4) is 0 Å². The molecule has 3 heteroatoms. The first-order chi connectivity index (χ1) is 9.56. The van der Waals surface area contributed by atoms with Crippen molar-refractivity contribution in [3.05, 3.63) is 34.3 Å². The van der Waals surface area contributed by atoms with Crippen molar-refractivity contribution in [3.8, 4) is 0 Å². The molecule has 0 radical (unpaired) electrons. The zero-order chi connectivity index (χ0) is 14.5. The van der Waals surface area contributed by atoms with Crippen molar-refractivity contribution >= 4 is 21.8 Å². The first kappa shape index (κ1) is 15.6. The monoisotopic (exact) mass is 337 g/mol. The molecule has 0 spiro atoms. The normalized spacial score (nSPS) is 26.2. The van der Waals surface area contributed by atoms with E-state index in [1.54, 1.807) is 0 Å². The minimum absolute atomic E-state index is 0.190. The summed E-state index contributed by atoms with van der Waals surface area (Å²) in [4.78, 5) is 12.1. The Hall–Kier alpha value is -0.830. The molecule has 1 amide bonds. The summed E-state index contributed by atoms with van der Waals surface area (Å²) in [5, 5.41) is 3.25. The van der Waals surface area contributed by atoms with Crippen molar-refractivity contribution in [2.24, 2.45) is 11.8 Å². The van der Waals surface area contributed by atoms with Crippen LogP contribution in [0.1, 0.15) is 45.1 Å². The standard InChI is InChI=1S/C17H24BrNO/c1-12-5-3-6-13(2)17(12)19-16(20)10-9-14-7-4-8-15(18)11-14/h4,7-8,11-13,17H,3,5-6,9-10H2,1-2H3,(H,19,20). The second kappa shape index (κ2) is 7.26. The highest BCUT2D eigenvalue weighted by Gasteiger charge is 2.28. The summed E-state index contributed by atoms with van der Waals surface area (Å²) < 4.78 is 1.07. The maximum absolute atomic E-state index is 12.1. The fourth-order valence-electron chi connectivity index (χ4n) is 3.17. The third-order valence-electron chi connectivity index (χ3n) is 4.40. The van der Waals surface area contributed by atoms with Crippen molar-refractivity contribution in [2.45, 2.75) is 52.0 Å². The Bertz CT molecular complexity index is 450. The number of amides is 1. The van der Waals surface area contributed by atoms with E-state index in [0.29, 0.717) is 24.3 Å². The molecule has 1 N–H and O–H groups in total. The lowest BCUT2D eigenvalue weighted by Gasteiger charge is -2.35. The van der Waals surface area contributed by atoms with Gasteiger partial charge >= 0.3 is 0 Å². The van der Waals surface area contributed by atoms with Gasteiger partial charge in [-0.05, 0) is 48.8 Å². The largest absolute Gasteiger partial charge is 0.353 e. The number of hydrogen-bond donors (Lipinski definition) is 1. The van der Waals surface area contributed by atoms with Gasteiger partial charge in [-0.1, -0.05) is 48.3 Å². The van der Waals surface area contributed by atoms with Crippen LogP contribution in [0.2, 0.25) is 0 Å². The fraction of sp³-hybridized carbons (Fsp3) is 0.588. The summed E-state index contributed by atoms with van der Waals surface area (Å²) in [6, 6.07) is 8.54. The minimum Gasteiger partial charge on any atom is -0.353 e. The second-order valence-electron chi connectivity index (χ2n) is 6.11. The van der Waals surface area contributed by atoms with Crippen LogP contribution in [0.15, 0.2) is 28.7 Å². The number of carbonyl (C=O) groups is 1. The van der Waals surface area contributed by atoms with E-state index < -0.39 is 0 Å². The van der Waals surface area contributed by atoms with Gasteiger partial charge in [0.1, 0.15) is 0 Å². The Morgan fingerprint density at radius 1 is 1.30 bits per heavy atom. The zero-order valence-corrected chi connectivity index (χ0v) is 13.9. The Labute approximate surface area is 130 Å². The van der Waals surface area contributed by atoms with Crippen molar-refractivity contribution in [2.75, 3.05) is 0 Å². The number of hydrogen-bond acceptors (Lipinski definition) is 1. The van der Waals surface area contributed by atoms with Gasteiger partial charge in [-0.25, -0.2) is 0 Å². The van der Waals surface area contributed by atoms with Crippen molar-refractivity contribution in [1.82, 2.24) is 5.32 Å². The summed E-state index contributed by atoms with van der Waals surface area (Å²) in [6.45, 7) is 4.52. The Kier molecular flexibility index (Phi) is 5.64. The van der Waals surface area contributed by atoms with Crippen LogP contribution in [-0.2, 0) is 11.2 Å². The smallest absolute Gasteiger partial charge is 0.220 e. The first-order valence-electron chi connectivity index (χ1n) is 7.60. The van der Waals surface area contributed by atoms with E-state index in [2.05, 4.69) is 47.2 Å². The van der Waals surface area contributed by atoms with Crippen LogP contribution in [0.5, 0.6) is 0 Å². The molecular weight excluding hydrogens is 314 g/mol. The molecule has 1 fully saturated rings. The highest BCUT2D eigenvalue weighted by Crippen LogP contribution is 2.28. The van der Waals surface area contributed by atoms with Crippen LogP contribution < -0.4 is 5.32 Å². The van der Waals surface area contributed by atoms with Gasteiger partial charge in [0.25, 0.3) is 0 Å². The van der Waals surface area contributed by atoms with Gasteiger partial charge in [-0.3, -0.25) is 4.79 Å². The molecule has 110 valence electrons. The number of nitrogens with one attached hydrogen (secondary N) is 1. The molecule has 2 atom stereocenters. The molecule has 0 heterocycles. The average molecular weight is 338 g/mol. The highest BCUT2D eigenvalue weighted by atomic mass is 79.9. The molecule has 1 aliphatic carbocycles. The van der Waals surface area contributed by atoms with Gasteiger partial charge in [0.05, 0.1) is 0 Å². The second-order valence-corrected chi connectivity index (χ2v) is 7.02. The summed E-state index contributed by atoms with van der Waals surface area (Å²) in [7, 11) is 0. The Morgan fingerprint density at radius 2 is 2.00 bits per heavy atom. The molecule has 0 bridgehead atoms. The van der Waals surface area contributed by atoms with E-state index in [0.717, 1.165) is 10.9 Å². The molecule has 0 saturated heterocycles. The molecule has 20 heavy (non-hydrogen) atoms. The molecular formula is C17H24BrNO. The molecule has 1 aliphatic rings. The third-order valence-corrected chi connectivity index (χ3v) is 4.90. The topological polar surface area (TPSA) is 29.1 Å². The third kappa shape index (κ3) is 4.34. The molecule has 2 rings (SSSR count). The average Bonchev–Trinajstić information content (AvgIpc) is 2.41. The van der Waals surface area contributed by atoms with Gasteiger partial charge in [0, 0.05) is 16.9 Å². The maximum Gasteiger partial charge on any atom is 0.220 e. The van der Waals surface area contributed by atoms with Gasteiger partial charge < -0.3 is 5.32 Å². The first-order valence-corrected chi connectivity index (χ1v) is 8.39. The summed E-state index contributed by atoms with van der Waals surface area (Å²) in [5.74, 6) is 1.40. The van der Waals surface area contributed by atoms with E-state index >= 15 is 0 Å². The van der Waals surface area contributed by atoms with E-state index in [9.17, 15) is 4.79 Å². The molecule has 1 aromatic rings. The van der Waals surface area contributed by atoms with E-state index in [-0.39, 0.29) is 5.91 Å². The predicted octanol–water partition coefficient (Wildman–Crippen LogP) is 4.32. The molecule has 0 aliphatic heterocycles. The summed E-state index contributed by atoms with van der Waals surface area (Å²) in [6.07, 6.45) is 5.15. The van der Waals surface area contributed by atoms with Gasteiger partial charge in [-0.2, -0.15) is 0 Å². The highest BCUT2D eigenvalue weighted by molar-refractivity contribution is 9.10. The fourth-order valence-corrected chi connectivity index (χ4v) is 3.62.